The molecule has 0 bridgehead atoms. The third-order valence-corrected chi connectivity index (χ3v) is 5.42. The summed E-state index contributed by atoms with van der Waals surface area (Å²) in [5, 5.41) is 1.48. The Labute approximate surface area is 164 Å². The van der Waals surface area contributed by atoms with Crippen molar-refractivity contribution in [3.8, 4) is 0 Å². The van der Waals surface area contributed by atoms with Gasteiger partial charge in [0.2, 0.25) is 0 Å². The zero-order valence-electron chi connectivity index (χ0n) is 14.6. The summed E-state index contributed by atoms with van der Waals surface area (Å²) in [4.78, 5) is 7.50. The zero-order valence-corrected chi connectivity index (χ0v) is 16.1. The second-order valence-corrected chi connectivity index (χ2v) is 7.51. The van der Waals surface area contributed by atoms with Crippen LogP contribution in [-0.4, -0.2) is 16.7 Å². The van der Waals surface area contributed by atoms with Gasteiger partial charge in [-0.1, -0.05) is 59.6 Å². The Morgan fingerprint density at radius 1 is 0.923 bits per heavy atom. The van der Waals surface area contributed by atoms with Crippen molar-refractivity contribution < 1.29 is 0 Å². The van der Waals surface area contributed by atoms with Crippen molar-refractivity contribution in [1.82, 2.24) is 4.90 Å². The molecule has 0 aromatic heterocycles. The molecule has 0 N–H and O–H groups in total. The monoisotopic (exact) mass is 382 g/mol. The summed E-state index contributed by atoms with van der Waals surface area (Å²) in [5.41, 5.74) is 4.58. The van der Waals surface area contributed by atoms with Crippen LogP contribution in [0.25, 0.3) is 0 Å². The highest BCUT2D eigenvalue weighted by Gasteiger charge is 2.35. The number of rotatable bonds is 3. The maximum absolute atomic E-state index is 6.09. The molecule has 4 rings (SSSR count). The molecule has 0 saturated heterocycles. The van der Waals surface area contributed by atoms with Gasteiger partial charge in [0, 0.05) is 15.7 Å². The lowest BCUT2D eigenvalue weighted by molar-refractivity contribution is 0.276. The third-order valence-electron chi connectivity index (χ3n) is 4.92. The summed E-state index contributed by atoms with van der Waals surface area (Å²) >= 11 is 12.2. The molecule has 0 spiro atoms. The van der Waals surface area contributed by atoms with Gasteiger partial charge in [-0.3, -0.25) is 4.99 Å². The number of hydrogen-bond acceptors (Lipinski definition) is 2. The van der Waals surface area contributed by atoms with E-state index in [4.69, 9.17) is 28.2 Å². The van der Waals surface area contributed by atoms with Crippen LogP contribution < -0.4 is 0 Å². The van der Waals surface area contributed by atoms with Crippen LogP contribution >= 0.6 is 23.2 Å². The minimum atomic E-state index is -0.0538. The van der Waals surface area contributed by atoms with Crippen LogP contribution in [0.2, 0.25) is 10.0 Å². The highest BCUT2D eigenvalue weighted by Crippen LogP contribution is 2.37. The summed E-state index contributed by atoms with van der Waals surface area (Å²) in [7, 11) is 0. The molecule has 0 fully saturated rings. The normalized spacial score (nSPS) is 22.3. The second-order valence-electron chi connectivity index (χ2n) is 6.64. The van der Waals surface area contributed by atoms with Gasteiger partial charge in [-0.2, -0.15) is 0 Å². The average molecular weight is 383 g/mol. The van der Waals surface area contributed by atoms with Crippen molar-refractivity contribution in [2.45, 2.75) is 32.0 Å². The van der Waals surface area contributed by atoms with E-state index < -0.39 is 0 Å². The predicted octanol–water partition coefficient (Wildman–Crippen LogP) is 6.42. The molecular weight excluding hydrogens is 363 g/mol. The van der Waals surface area contributed by atoms with Crippen LogP contribution in [0.15, 0.2) is 77.4 Å². The Balaban J connectivity index is 1.77. The molecule has 2 aliphatic rings. The minimum Gasteiger partial charge on any atom is -0.338 e. The Hall–Kier alpha value is -2.03. The molecule has 26 heavy (non-hydrogen) atoms. The minimum absolute atomic E-state index is 0.0538. The molecule has 0 radical (unpaired) electrons. The van der Waals surface area contributed by atoms with Crippen LogP contribution in [-0.2, 0) is 0 Å². The van der Waals surface area contributed by atoms with E-state index in [0.29, 0.717) is 0 Å². The van der Waals surface area contributed by atoms with Crippen molar-refractivity contribution in [3.63, 3.8) is 0 Å². The van der Waals surface area contributed by atoms with Crippen LogP contribution in [0, 0.1) is 0 Å². The molecule has 2 aromatic rings. The highest BCUT2D eigenvalue weighted by molar-refractivity contribution is 6.31. The maximum atomic E-state index is 6.09. The molecule has 0 amide bonds. The Kier molecular flexibility index (Phi) is 4.88. The molecule has 1 aliphatic carbocycles. The van der Waals surface area contributed by atoms with Gasteiger partial charge in [-0.25, -0.2) is 0 Å². The van der Waals surface area contributed by atoms with E-state index in [1.54, 1.807) is 0 Å². The maximum Gasteiger partial charge on any atom is 0.148 e. The van der Waals surface area contributed by atoms with Gasteiger partial charge < -0.3 is 4.90 Å². The number of hydrogen-bond donors (Lipinski definition) is 0. The van der Waals surface area contributed by atoms with Crippen molar-refractivity contribution in [1.29, 1.82) is 0 Å². The number of aliphatic imine (C=N–C) groups is 1. The summed E-state index contributed by atoms with van der Waals surface area (Å²) in [6.45, 7) is 2.21. The van der Waals surface area contributed by atoms with Crippen molar-refractivity contribution in [3.05, 3.63) is 93.6 Å². The van der Waals surface area contributed by atoms with Crippen LogP contribution in [0.5, 0.6) is 0 Å². The van der Waals surface area contributed by atoms with Crippen LogP contribution in [0.3, 0.4) is 0 Å². The first-order chi connectivity index (χ1) is 12.6. The van der Waals surface area contributed by atoms with Gasteiger partial charge in [0.1, 0.15) is 6.17 Å². The van der Waals surface area contributed by atoms with Crippen molar-refractivity contribution in [2.75, 3.05) is 0 Å². The van der Waals surface area contributed by atoms with Gasteiger partial charge >= 0.3 is 0 Å². The fraction of sp³-hybridized carbons (Fsp3) is 0.227. The Bertz CT molecular complexity index is 879. The van der Waals surface area contributed by atoms with E-state index in [2.05, 4.69) is 42.2 Å². The van der Waals surface area contributed by atoms with E-state index in [1.165, 1.54) is 5.70 Å². The standard InChI is InChI=1S/C22H20Cl2N2/c1-15-21(16-7-11-18(23)12-8-16)25-22(17-9-13-19(24)14-10-17)26(15)20-5-3-2-4-6-20/h3,5-15,22H,2,4H2,1H3. The molecule has 4 heteroatoms. The molecule has 1 aliphatic heterocycles. The topological polar surface area (TPSA) is 15.6 Å². The van der Waals surface area contributed by atoms with Gasteiger partial charge in [0.05, 0.1) is 11.8 Å². The van der Waals surface area contributed by atoms with E-state index in [-0.39, 0.29) is 12.2 Å². The third kappa shape index (κ3) is 3.32. The van der Waals surface area contributed by atoms with E-state index >= 15 is 0 Å². The Morgan fingerprint density at radius 2 is 1.58 bits per heavy atom. The summed E-state index contributed by atoms with van der Waals surface area (Å²) < 4.78 is 0. The number of allylic oxidation sites excluding steroid dienone is 3. The number of nitrogens with zero attached hydrogens (tertiary/aromatic N) is 2. The van der Waals surface area contributed by atoms with Gasteiger partial charge in [-0.15, -0.1) is 0 Å². The lowest BCUT2D eigenvalue weighted by Crippen LogP contribution is -2.34. The summed E-state index contributed by atoms with van der Waals surface area (Å²) in [6.07, 6.45) is 8.87. The fourth-order valence-corrected chi connectivity index (χ4v) is 3.86. The number of halogens is 2. The van der Waals surface area contributed by atoms with Gasteiger partial charge in [0.25, 0.3) is 0 Å². The first-order valence-corrected chi connectivity index (χ1v) is 9.63. The first kappa shape index (κ1) is 17.4. The molecule has 0 saturated carbocycles. The smallest absolute Gasteiger partial charge is 0.148 e. The lowest BCUT2D eigenvalue weighted by Gasteiger charge is -2.32. The van der Waals surface area contributed by atoms with E-state index in [9.17, 15) is 0 Å². The molecule has 2 aromatic carbocycles. The van der Waals surface area contributed by atoms with Crippen molar-refractivity contribution >= 4 is 28.9 Å². The molecule has 132 valence electrons. The van der Waals surface area contributed by atoms with E-state index in [0.717, 1.165) is 39.7 Å². The average Bonchev–Trinajstić information content (AvgIpc) is 3.01. The van der Waals surface area contributed by atoms with Crippen molar-refractivity contribution in [2.24, 2.45) is 4.99 Å². The molecular formula is C22H20Cl2N2. The first-order valence-electron chi connectivity index (χ1n) is 8.87. The van der Waals surface area contributed by atoms with Crippen LogP contribution in [0.1, 0.15) is 37.1 Å². The van der Waals surface area contributed by atoms with E-state index in [1.807, 2.05) is 36.4 Å². The summed E-state index contributed by atoms with van der Waals surface area (Å²) in [5.74, 6) is 0. The highest BCUT2D eigenvalue weighted by atomic mass is 35.5. The summed E-state index contributed by atoms with van der Waals surface area (Å²) in [6, 6.07) is 16.1. The molecule has 2 unspecified atom stereocenters. The quantitative estimate of drug-likeness (QED) is 0.597. The molecule has 2 atom stereocenters. The van der Waals surface area contributed by atoms with Gasteiger partial charge in [-0.05, 0) is 61.2 Å². The second kappa shape index (κ2) is 7.30. The Morgan fingerprint density at radius 3 is 2.19 bits per heavy atom. The predicted molar refractivity (Wildman–Crippen MR) is 110 cm³/mol. The lowest BCUT2D eigenvalue weighted by atomic mass is 10.0. The SMILES string of the molecule is CC1C(c2ccc(Cl)cc2)=NC(c2ccc(Cl)cc2)N1C1=CCCC=C1. The largest absolute Gasteiger partial charge is 0.338 e. The van der Waals surface area contributed by atoms with Crippen LogP contribution in [0.4, 0.5) is 0 Å². The molecule has 1 heterocycles. The fourth-order valence-electron chi connectivity index (χ4n) is 3.61. The number of benzene rings is 2. The van der Waals surface area contributed by atoms with Gasteiger partial charge in [0.15, 0.2) is 0 Å². The molecule has 2 nitrogen and oxygen atoms in total. The zero-order chi connectivity index (χ0) is 18.1.